The normalized spacial score (nSPS) is 20.2. The molecule has 1 aliphatic heterocycles. The van der Waals surface area contributed by atoms with Gasteiger partial charge in [0.1, 0.15) is 11.3 Å². The second kappa shape index (κ2) is 4.88. The van der Waals surface area contributed by atoms with Crippen LogP contribution in [0.3, 0.4) is 0 Å². The quantitative estimate of drug-likeness (QED) is 0.911. The topological polar surface area (TPSA) is 83.4 Å². The number of fused-ring (bicyclic) bond motifs is 1. The molecule has 3 rings (SSSR count). The van der Waals surface area contributed by atoms with Gasteiger partial charge in [-0.15, -0.1) is 0 Å². The second-order valence-electron chi connectivity index (χ2n) is 5.23. The number of aromatic nitrogens is 2. The van der Waals surface area contributed by atoms with E-state index in [-0.39, 0.29) is 6.10 Å². The summed E-state index contributed by atoms with van der Waals surface area (Å²) in [4.78, 5) is 4.36. The van der Waals surface area contributed by atoms with E-state index in [2.05, 4.69) is 10.1 Å². The molecule has 0 amide bonds. The molecule has 0 spiro atoms. The van der Waals surface area contributed by atoms with Crippen molar-refractivity contribution in [2.75, 3.05) is 13.7 Å². The van der Waals surface area contributed by atoms with Crippen molar-refractivity contribution in [2.24, 2.45) is 5.73 Å². The maximum Gasteiger partial charge on any atom is 0.268 e. The summed E-state index contributed by atoms with van der Waals surface area (Å²) in [5, 5.41) is 3.94. The van der Waals surface area contributed by atoms with Crippen molar-refractivity contribution in [2.45, 2.75) is 25.0 Å². The first-order valence-corrected chi connectivity index (χ1v) is 6.46. The van der Waals surface area contributed by atoms with Gasteiger partial charge in [0, 0.05) is 13.5 Å². The van der Waals surface area contributed by atoms with Crippen LogP contribution in [0, 0.1) is 0 Å². The lowest BCUT2D eigenvalue weighted by Crippen LogP contribution is -2.39. The monoisotopic (exact) mass is 275 g/mol. The highest BCUT2D eigenvalue weighted by molar-refractivity contribution is 5.37. The predicted octanol–water partition coefficient (Wildman–Crippen LogP) is 1.57. The smallest absolute Gasteiger partial charge is 0.268 e. The molecule has 0 saturated carbocycles. The van der Waals surface area contributed by atoms with E-state index in [4.69, 9.17) is 19.7 Å². The Morgan fingerprint density at radius 3 is 3.00 bits per heavy atom. The highest BCUT2D eigenvalue weighted by atomic mass is 16.5. The Hall–Kier alpha value is -1.92. The van der Waals surface area contributed by atoms with E-state index in [1.807, 2.05) is 24.3 Å². The van der Waals surface area contributed by atoms with E-state index in [0.717, 1.165) is 17.7 Å². The van der Waals surface area contributed by atoms with Crippen LogP contribution in [0.25, 0.3) is 0 Å². The van der Waals surface area contributed by atoms with Crippen LogP contribution < -0.4 is 10.5 Å². The average Bonchev–Trinajstić information content (AvgIpc) is 3.05. The lowest BCUT2D eigenvalue weighted by molar-refractivity contribution is 0.134. The van der Waals surface area contributed by atoms with Crippen molar-refractivity contribution in [1.82, 2.24) is 10.1 Å². The van der Waals surface area contributed by atoms with Gasteiger partial charge in [0.2, 0.25) is 0 Å². The van der Waals surface area contributed by atoms with Crippen molar-refractivity contribution in [3.63, 3.8) is 0 Å². The van der Waals surface area contributed by atoms with E-state index in [9.17, 15) is 0 Å². The molecule has 1 aromatic heterocycles. The van der Waals surface area contributed by atoms with E-state index >= 15 is 0 Å². The van der Waals surface area contributed by atoms with Gasteiger partial charge in [-0.3, -0.25) is 0 Å². The van der Waals surface area contributed by atoms with Crippen molar-refractivity contribution < 1.29 is 14.0 Å². The van der Waals surface area contributed by atoms with E-state index in [0.29, 0.717) is 18.3 Å². The molecule has 2 aromatic rings. The van der Waals surface area contributed by atoms with Crippen molar-refractivity contribution in [1.29, 1.82) is 0 Å². The Morgan fingerprint density at radius 2 is 2.25 bits per heavy atom. The third-order valence-corrected chi connectivity index (χ3v) is 3.32. The first-order valence-electron chi connectivity index (χ1n) is 6.46. The molecule has 6 heteroatoms. The molecule has 0 bridgehead atoms. The lowest BCUT2D eigenvalue weighted by Gasteiger charge is -2.18. The SMILES string of the molecule is COCC(C)(N)c1noc(C2Cc3ccccc3O2)n1. The zero-order valence-electron chi connectivity index (χ0n) is 11.5. The molecule has 20 heavy (non-hydrogen) atoms. The Balaban J connectivity index is 1.79. The molecule has 6 nitrogen and oxygen atoms in total. The van der Waals surface area contributed by atoms with Crippen LogP contribution in [-0.4, -0.2) is 23.9 Å². The van der Waals surface area contributed by atoms with Gasteiger partial charge in [0.25, 0.3) is 5.89 Å². The van der Waals surface area contributed by atoms with Crippen molar-refractivity contribution >= 4 is 0 Å². The maximum absolute atomic E-state index is 6.09. The van der Waals surface area contributed by atoms with E-state index in [1.54, 1.807) is 14.0 Å². The summed E-state index contributed by atoms with van der Waals surface area (Å²) in [5.41, 5.74) is 6.46. The van der Waals surface area contributed by atoms with Gasteiger partial charge >= 0.3 is 0 Å². The molecule has 2 heterocycles. The summed E-state index contributed by atoms with van der Waals surface area (Å²) in [6.45, 7) is 2.12. The molecule has 1 aromatic carbocycles. The number of rotatable bonds is 4. The fraction of sp³-hybridized carbons (Fsp3) is 0.429. The van der Waals surface area contributed by atoms with Crippen LogP contribution in [0.1, 0.15) is 30.3 Å². The van der Waals surface area contributed by atoms with E-state index < -0.39 is 5.54 Å². The molecule has 0 aliphatic carbocycles. The van der Waals surface area contributed by atoms with Gasteiger partial charge in [0.05, 0.1) is 6.61 Å². The maximum atomic E-state index is 6.09. The van der Waals surface area contributed by atoms with Crippen LogP contribution in [-0.2, 0) is 16.7 Å². The minimum atomic E-state index is -0.776. The zero-order valence-corrected chi connectivity index (χ0v) is 11.5. The molecule has 1 aliphatic rings. The lowest BCUT2D eigenvalue weighted by atomic mass is 10.1. The Labute approximate surface area is 116 Å². The third kappa shape index (κ3) is 2.28. The van der Waals surface area contributed by atoms with Crippen LogP contribution in [0.2, 0.25) is 0 Å². The molecule has 2 N–H and O–H groups in total. The molecule has 0 radical (unpaired) electrons. The number of para-hydroxylation sites is 1. The molecular weight excluding hydrogens is 258 g/mol. The summed E-state index contributed by atoms with van der Waals surface area (Å²) in [6, 6.07) is 7.89. The standard InChI is InChI=1S/C14H17N3O3/c1-14(15,8-18-2)13-16-12(20-17-13)11-7-9-5-3-4-6-10(9)19-11/h3-6,11H,7-8,15H2,1-2H3. The number of methoxy groups -OCH3 is 1. The minimum absolute atomic E-state index is 0.244. The van der Waals surface area contributed by atoms with Crippen molar-refractivity contribution in [3.05, 3.63) is 41.5 Å². The largest absolute Gasteiger partial charge is 0.480 e. The van der Waals surface area contributed by atoms with Crippen LogP contribution in [0.5, 0.6) is 5.75 Å². The predicted molar refractivity (Wildman–Crippen MR) is 71.2 cm³/mol. The summed E-state index contributed by atoms with van der Waals surface area (Å²) >= 11 is 0. The first-order chi connectivity index (χ1) is 9.60. The van der Waals surface area contributed by atoms with Crippen molar-refractivity contribution in [3.8, 4) is 5.75 Å². The fourth-order valence-electron chi connectivity index (χ4n) is 2.28. The molecule has 0 fully saturated rings. The molecule has 106 valence electrons. The first kappa shape index (κ1) is 13.1. The Kier molecular flexibility index (Phi) is 3.19. The van der Waals surface area contributed by atoms with Gasteiger partial charge in [0.15, 0.2) is 11.9 Å². The van der Waals surface area contributed by atoms with Gasteiger partial charge in [-0.05, 0) is 18.6 Å². The van der Waals surface area contributed by atoms with Crippen LogP contribution in [0.4, 0.5) is 0 Å². The van der Waals surface area contributed by atoms with E-state index in [1.165, 1.54) is 0 Å². The Bertz CT molecular complexity index is 584. The number of nitrogens with zero attached hydrogens (tertiary/aromatic N) is 2. The number of hydrogen-bond donors (Lipinski definition) is 1. The second-order valence-corrected chi connectivity index (χ2v) is 5.23. The van der Waals surface area contributed by atoms with Crippen LogP contribution in [0.15, 0.2) is 28.8 Å². The summed E-state index contributed by atoms with van der Waals surface area (Å²) in [5.74, 6) is 1.74. The van der Waals surface area contributed by atoms with Gasteiger partial charge in [-0.1, -0.05) is 23.4 Å². The highest BCUT2D eigenvalue weighted by Crippen LogP contribution is 2.35. The molecule has 2 atom stereocenters. The van der Waals surface area contributed by atoms with Gasteiger partial charge < -0.3 is 19.7 Å². The number of nitrogens with two attached hydrogens (primary N) is 1. The summed E-state index contributed by atoms with van der Waals surface area (Å²) < 4.78 is 16.2. The Morgan fingerprint density at radius 1 is 1.45 bits per heavy atom. The van der Waals surface area contributed by atoms with Crippen LogP contribution >= 0.6 is 0 Å². The molecule has 2 unspecified atom stereocenters. The summed E-state index contributed by atoms with van der Waals surface area (Å²) in [6.07, 6.45) is 0.482. The summed E-state index contributed by atoms with van der Waals surface area (Å²) in [7, 11) is 1.59. The molecule has 0 saturated heterocycles. The number of ether oxygens (including phenoxy) is 2. The fourth-order valence-corrected chi connectivity index (χ4v) is 2.28. The molecular formula is C14H17N3O3. The number of hydrogen-bond acceptors (Lipinski definition) is 6. The average molecular weight is 275 g/mol. The third-order valence-electron chi connectivity index (χ3n) is 3.32. The highest BCUT2D eigenvalue weighted by Gasteiger charge is 2.33. The van der Waals surface area contributed by atoms with Gasteiger partial charge in [-0.2, -0.15) is 4.98 Å². The van der Waals surface area contributed by atoms with Gasteiger partial charge in [-0.25, -0.2) is 0 Å². The zero-order chi connectivity index (χ0) is 14.2. The minimum Gasteiger partial charge on any atom is -0.480 e. The number of benzene rings is 1.